The molecule has 1 N–H and O–H groups in total. The summed E-state index contributed by atoms with van der Waals surface area (Å²) < 4.78 is 44.9. The first kappa shape index (κ1) is 22.5. The predicted octanol–water partition coefficient (Wildman–Crippen LogP) is 3.84. The van der Waals surface area contributed by atoms with Crippen LogP contribution in [-0.2, 0) is 22.3 Å². The van der Waals surface area contributed by atoms with Crippen molar-refractivity contribution in [2.75, 3.05) is 13.1 Å². The Morgan fingerprint density at radius 1 is 1.24 bits per heavy atom. The second-order valence-corrected chi connectivity index (χ2v) is 7.94. The Bertz CT molecular complexity index is 802. The third-order valence-electron chi connectivity index (χ3n) is 4.51. The largest absolute Gasteiger partial charge is 0.444 e. The van der Waals surface area contributed by atoms with Crippen LogP contribution in [-0.4, -0.2) is 35.6 Å². The maximum absolute atomic E-state index is 13.2. The zero-order valence-electron chi connectivity index (χ0n) is 16.6. The fraction of sp³-hybridized carbons (Fsp3) is 0.550. The van der Waals surface area contributed by atoms with Gasteiger partial charge in [0.2, 0.25) is 5.91 Å². The average Bonchev–Trinajstić information content (AvgIpc) is 2.64. The van der Waals surface area contributed by atoms with Gasteiger partial charge in [0.15, 0.2) is 0 Å². The first-order valence-electron chi connectivity index (χ1n) is 9.26. The van der Waals surface area contributed by atoms with Gasteiger partial charge in [-0.25, -0.2) is 4.79 Å². The number of rotatable bonds is 3. The lowest BCUT2D eigenvalue weighted by Crippen LogP contribution is -2.44. The minimum atomic E-state index is -4.62. The molecule has 0 aromatic heterocycles. The molecule has 0 unspecified atom stereocenters. The van der Waals surface area contributed by atoms with Gasteiger partial charge in [0, 0.05) is 25.6 Å². The number of halogens is 3. The van der Waals surface area contributed by atoms with Crippen LogP contribution in [0.25, 0.3) is 0 Å². The standard InChI is InChI=1S/C20H24F3N3O3/c1-19(2,3)29-18(28)26-8-6-14(7-9-26)17(27)25-12-15-5-4-13(11-24)10-16(15)20(21,22)23/h4-5,10,14H,6-9,12H2,1-3H3,(H,25,27). The summed E-state index contributed by atoms with van der Waals surface area (Å²) >= 11 is 0. The van der Waals surface area contributed by atoms with Gasteiger partial charge in [-0.3, -0.25) is 4.79 Å². The van der Waals surface area contributed by atoms with Gasteiger partial charge in [-0.15, -0.1) is 0 Å². The van der Waals surface area contributed by atoms with E-state index in [1.54, 1.807) is 26.8 Å². The van der Waals surface area contributed by atoms with Gasteiger partial charge in [0.1, 0.15) is 5.60 Å². The van der Waals surface area contributed by atoms with Crippen molar-refractivity contribution in [3.63, 3.8) is 0 Å². The Balaban J connectivity index is 1.93. The molecule has 0 radical (unpaired) electrons. The molecule has 0 spiro atoms. The fourth-order valence-corrected chi connectivity index (χ4v) is 3.04. The number of nitrogens with one attached hydrogen (secondary N) is 1. The summed E-state index contributed by atoms with van der Waals surface area (Å²) in [5, 5.41) is 11.4. The van der Waals surface area contributed by atoms with E-state index in [1.807, 2.05) is 0 Å². The number of ether oxygens (including phenoxy) is 1. The third-order valence-corrected chi connectivity index (χ3v) is 4.51. The summed E-state index contributed by atoms with van der Waals surface area (Å²) in [7, 11) is 0. The topological polar surface area (TPSA) is 82.4 Å². The summed E-state index contributed by atoms with van der Waals surface area (Å²) in [6, 6.07) is 4.95. The summed E-state index contributed by atoms with van der Waals surface area (Å²) in [5.74, 6) is -0.743. The highest BCUT2D eigenvalue weighted by atomic mass is 19.4. The number of benzene rings is 1. The molecule has 1 saturated heterocycles. The van der Waals surface area contributed by atoms with Crippen LogP contribution in [0.1, 0.15) is 50.3 Å². The van der Waals surface area contributed by atoms with Crippen molar-refractivity contribution in [3.05, 3.63) is 34.9 Å². The summed E-state index contributed by atoms with van der Waals surface area (Å²) in [4.78, 5) is 26.0. The molecule has 1 heterocycles. The molecule has 0 saturated carbocycles. The molecular formula is C20H24F3N3O3. The summed E-state index contributed by atoms with van der Waals surface area (Å²) in [5.41, 5.74) is -1.74. The number of carbonyl (C=O) groups excluding carboxylic acids is 2. The number of nitrogens with zero attached hydrogens (tertiary/aromatic N) is 2. The van der Waals surface area contributed by atoms with Crippen LogP contribution < -0.4 is 5.32 Å². The van der Waals surface area contributed by atoms with Gasteiger partial charge in [0.05, 0.1) is 17.2 Å². The van der Waals surface area contributed by atoms with Crippen LogP contribution in [0.15, 0.2) is 18.2 Å². The fourth-order valence-electron chi connectivity index (χ4n) is 3.04. The molecule has 6 nitrogen and oxygen atoms in total. The van der Waals surface area contributed by atoms with E-state index in [9.17, 15) is 22.8 Å². The summed E-state index contributed by atoms with van der Waals surface area (Å²) in [6.07, 6.45) is -4.25. The van der Waals surface area contributed by atoms with Gasteiger partial charge < -0.3 is 15.0 Å². The van der Waals surface area contributed by atoms with Crippen LogP contribution in [0.2, 0.25) is 0 Å². The Labute approximate surface area is 167 Å². The molecule has 2 rings (SSSR count). The lowest BCUT2D eigenvalue weighted by molar-refractivity contribution is -0.138. The van der Waals surface area contributed by atoms with E-state index in [0.29, 0.717) is 25.9 Å². The van der Waals surface area contributed by atoms with Crippen molar-refractivity contribution in [2.45, 2.75) is 51.9 Å². The van der Waals surface area contributed by atoms with E-state index in [0.717, 1.165) is 6.07 Å². The highest BCUT2D eigenvalue weighted by molar-refractivity contribution is 5.79. The van der Waals surface area contributed by atoms with Crippen LogP contribution in [0.3, 0.4) is 0 Å². The molecule has 1 aromatic rings. The zero-order chi connectivity index (χ0) is 21.8. The SMILES string of the molecule is CC(C)(C)OC(=O)N1CCC(C(=O)NCc2ccc(C#N)cc2C(F)(F)F)CC1. The quantitative estimate of drug-likeness (QED) is 0.819. The summed E-state index contributed by atoms with van der Waals surface area (Å²) in [6.45, 7) is 5.71. The molecular weight excluding hydrogens is 387 g/mol. The molecule has 1 aromatic carbocycles. The number of alkyl halides is 3. The maximum Gasteiger partial charge on any atom is 0.416 e. The molecule has 1 aliphatic rings. The van der Waals surface area contributed by atoms with Crippen molar-refractivity contribution in [1.29, 1.82) is 5.26 Å². The van der Waals surface area contributed by atoms with Gasteiger partial charge in [-0.1, -0.05) is 6.07 Å². The molecule has 1 fully saturated rings. The lowest BCUT2D eigenvalue weighted by atomic mass is 9.96. The molecule has 2 amide bonds. The maximum atomic E-state index is 13.2. The lowest BCUT2D eigenvalue weighted by Gasteiger charge is -2.33. The normalized spacial score (nSPS) is 15.6. The van der Waals surface area contributed by atoms with Gasteiger partial charge in [0.25, 0.3) is 0 Å². The van der Waals surface area contributed by atoms with E-state index in [1.165, 1.54) is 17.0 Å². The van der Waals surface area contributed by atoms with E-state index in [4.69, 9.17) is 10.00 Å². The monoisotopic (exact) mass is 411 g/mol. The minimum absolute atomic E-state index is 0.0954. The van der Waals surface area contributed by atoms with E-state index >= 15 is 0 Å². The Morgan fingerprint density at radius 2 is 1.86 bits per heavy atom. The van der Waals surface area contributed by atoms with Crippen LogP contribution >= 0.6 is 0 Å². The van der Waals surface area contributed by atoms with Crippen LogP contribution in [0.4, 0.5) is 18.0 Å². The Kier molecular flexibility index (Phi) is 6.77. The number of hydrogen-bond donors (Lipinski definition) is 1. The first-order valence-corrected chi connectivity index (χ1v) is 9.26. The Morgan fingerprint density at radius 3 is 2.38 bits per heavy atom. The van der Waals surface area contributed by atoms with Gasteiger partial charge in [-0.05, 0) is 51.3 Å². The number of amides is 2. The molecule has 0 atom stereocenters. The van der Waals surface area contributed by atoms with Crippen molar-refractivity contribution in [2.24, 2.45) is 5.92 Å². The predicted molar refractivity (Wildman–Crippen MR) is 98.5 cm³/mol. The van der Waals surface area contributed by atoms with Crippen molar-refractivity contribution >= 4 is 12.0 Å². The number of piperidine rings is 1. The molecule has 9 heteroatoms. The second kappa shape index (κ2) is 8.72. The van der Waals surface area contributed by atoms with Gasteiger partial charge >= 0.3 is 12.3 Å². The minimum Gasteiger partial charge on any atom is -0.444 e. The molecule has 0 bridgehead atoms. The third kappa shape index (κ3) is 6.38. The highest BCUT2D eigenvalue weighted by Gasteiger charge is 2.34. The van der Waals surface area contributed by atoms with Crippen LogP contribution in [0.5, 0.6) is 0 Å². The number of carbonyl (C=O) groups is 2. The number of hydrogen-bond acceptors (Lipinski definition) is 4. The zero-order valence-corrected chi connectivity index (χ0v) is 16.6. The van der Waals surface area contributed by atoms with Crippen molar-refractivity contribution in [3.8, 4) is 6.07 Å². The Hall–Kier alpha value is -2.76. The van der Waals surface area contributed by atoms with E-state index < -0.39 is 23.4 Å². The average molecular weight is 411 g/mol. The number of likely N-dealkylation sites (tertiary alicyclic amines) is 1. The highest BCUT2D eigenvalue weighted by Crippen LogP contribution is 2.32. The molecule has 29 heavy (non-hydrogen) atoms. The van der Waals surface area contributed by atoms with Crippen molar-refractivity contribution < 1.29 is 27.5 Å². The van der Waals surface area contributed by atoms with Crippen LogP contribution in [0, 0.1) is 17.2 Å². The molecule has 0 aliphatic carbocycles. The molecule has 158 valence electrons. The first-order chi connectivity index (χ1) is 13.4. The van der Waals surface area contributed by atoms with E-state index in [2.05, 4.69) is 5.32 Å². The van der Waals surface area contributed by atoms with Crippen molar-refractivity contribution in [1.82, 2.24) is 10.2 Å². The molecule has 1 aliphatic heterocycles. The van der Waals surface area contributed by atoms with E-state index in [-0.39, 0.29) is 29.5 Å². The van der Waals surface area contributed by atoms with Gasteiger partial charge in [-0.2, -0.15) is 18.4 Å². The smallest absolute Gasteiger partial charge is 0.416 e. The second-order valence-electron chi connectivity index (χ2n) is 7.94. The number of nitriles is 1.